The van der Waals surface area contributed by atoms with E-state index >= 15 is 0 Å². The van der Waals surface area contributed by atoms with Crippen molar-refractivity contribution in [3.05, 3.63) is 28.3 Å². The fraction of sp³-hybridized carbons (Fsp3) is 0.455. The molecule has 1 aromatic rings. The maximum Gasteiger partial charge on any atom is 0.312 e. The van der Waals surface area contributed by atoms with Gasteiger partial charge in [-0.3, -0.25) is 10.1 Å². The first-order valence-electron chi connectivity index (χ1n) is 5.50. The molecule has 92 valence electrons. The summed E-state index contributed by atoms with van der Waals surface area (Å²) in [6, 6.07) is 5.26. The molecule has 6 heteroatoms. The average Bonchev–Trinajstić information content (AvgIpc) is 2.81. The third-order valence-corrected chi connectivity index (χ3v) is 2.81. The highest BCUT2D eigenvalue weighted by Crippen LogP contribution is 2.30. The Labute approximate surface area is 99.1 Å². The number of nitro benzene ring substituents is 1. The van der Waals surface area contributed by atoms with Gasteiger partial charge in [-0.15, -0.1) is 0 Å². The Morgan fingerprint density at radius 3 is 3.00 bits per heavy atom. The summed E-state index contributed by atoms with van der Waals surface area (Å²) in [6.45, 7) is 1.87. The highest BCUT2D eigenvalue weighted by atomic mass is 16.6. The van der Waals surface area contributed by atoms with Gasteiger partial charge in [0.05, 0.1) is 12.0 Å². The van der Waals surface area contributed by atoms with Gasteiger partial charge in [0.2, 0.25) is 0 Å². The van der Waals surface area contributed by atoms with Gasteiger partial charge in [0.15, 0.2) is 5.75 Å². The molecule has 2 N–H and O–H groups in total. The minimum Gasteiger partial charge on any atom is -0.490 e. The molecule has 0 radical (unpaired) electrons. The lowest BCUT2D eigenvalue weighted by atomic mass is 10.2. The van der Waals surface area contributed by atoms with E-state index in [9.17, 15) is 10.1 Å². The molecule has 2 rings (SSSR count). The first-order valence-corrected chi connectivity index (χ1v) is 5.50. The topological polar surface area (TPSA) is 76.4 Å². The molecule has 1 heterocycles. The van der Waals surface area contributed by atoms with E-state index in [1.807, 2.05) is 0 Å². The van der Waals surface area contributed by atoms with E-state index in [-0.39, 0.29) is 11.4 Å². The zero-order chi connectivity index (χ0) is 12.3. The van der Waals surface area contributed by atoms with Gasteiger partial charge < -0.3 is 15.4 Å². The van der Waals surface area contributed by atoms with Crippen LogP contribution in [-0.4, -0.2) is 31.2 Å². The van der Waals surface area contributed by atoms with Crippen LogP contribution in [0.5, 0.6) is 5.75 Å². The normalized spacial score (nSPS) is 19.0. The standard InChI is InChI=1S/C11H15N3O3/c1-17-11-3-2-8(6-10(11)14(15)16)13-9-4-5-12-7-9/h2-3,6,9,12-13H,4-5,7H2,1H3. The fourth-order valence-corrected chi connectivity index (χ4v) is 1.94. The molecular formula is C11H15N3O3. The molecule has 0 aliphatic carbocycles. The van der Waals surface area contributed by atoms with Gasteiger partial charge in [-0.1, -0.05) is 0 Å². The van der Waals surface area contributed by atoms with Crippen molar-refractivity contribution in [3.8, 4) is 5.75 Å². The lowest BCUT2D eigenvalue weighted by Crippen LogP contribution is -2.22. The highest BCUT2D eigenvalue weighted by Gasteiger charge is 2.18. The van der Waals surface area contributed by atoms with Crippen molar-refractivity contribution >= 4 is 11.4 Å². The van der Waals surface area contributed by atoms with Crippen molar-refractivity contribution in [2.45, 2.75) is 12.5 Å². The minimum absolute atomic E-state index is 0.0107. The summed E-state index contributed by atoms with van der Waals surface area (Å²) in [6.07, 6.45) is 1.03. The molecular weight excluding hydrogens is 222 g/mol. The van der Waals surface area contributed by atoms with E-state index in [1.165, 1.54) is 13.2 Å². The van der Waals surface area contributed by atoms with Crippen molar-refractivity contribution in [1.82, 2.24) is 5.32 Å². The number of rotatable bonds is 4. The zero-order valence-corrected chi connectivity index (χ0v) is 9.60. The first-order chi connectivity index (χ1) is 8.20. The molecule has 1 fully saturated rings. The molecule has 1 aliphatic rings. The molecule has 1 aromatic carbocycles. The van der Waals surface area contributed by atoms with Crippen molar-refractivity contribution in [2.75, 3.05) is 25.5 Å². The molecule has 0 saturated carbocycles. The summed E-state index contributed by atoms with van der Waals surface area (Å²) in [4.78, 5) is 10.4. The Morgan fingerprint density at radius 1 is 1.59 bits per heavy atom. The number of methoxy groups -OCH3 is 1. The van der Waals surface area contributed by atoms with E-state index in [4.69, 9.17) is 4.74 Å². The molecule has 6 nitrogen and oxygen atoms in total. The Balaban J connectivity index is 2.17. The lowest BCUT2D eigenvalue weighted by Gasteiger charge is -2.13. The summed E-state index contributed by atoms with van der Waals surface area (Å²) in [5, 5.41) is 17.4. The molecule has 1 aliphatic heterocycles. The summed E-state index contributed by atoms with van der Waals surface area (Å²) in [5.41, 5.74) is 0.745. The smallest absolute Gasteiger partial charge is 0.312 e. The zero-order valence-electron chi connectivity index (χ0n) is 9.60. The van der Waals surface area contributed by atoms with Crippen LogP contribution in [0.1, 0.15) is 6.42 Å². The molecule has 0 bridgehead atoms. The van der Waals surface area contributed by atoms with Crippen molar-refractivity contribution in [1.29, 1.82) is 0 Å². The van der Waals surface area contributed by atoms with Crippen LogP contribution in [0.3, 0.4) is 0 Å². The van der Waals surface area contributed by atoms with E-state index in [1.54, 1.807) is 12.1 Å². The van der Waals surface area contributed by atoms with Crippen LogP contribution < -0.4 is 15.4 Å². The number of hydrogen-bond donors (Lipinski definition) is 2. The third kappa shape index (κ3) is 2.65. The van der Waals surface area contributed by atoms with E-state index in [0.29, 0.717) is 6.04 Å². The van der Waals surface area contributed by atoms with Crippen LogP contribution in [0.25, 0.3) is 0 Å². The molecule has 0 amide bonds. The number of nitrogens with zero attached hydrogens (tertiary/aromatic N) is 1. The number of nitro groups is 1. The van der Waals surface area contributed by atoms with Crippen molar-refractivity contribution in [2.24, 2.45) is 0 Å². The van der Waals surface area contributed by atoms with Crippen molar-refractivity contribution in [3.63, 3.8) is 0 Å². The Bertz CT molecular complexity index is 416. The van der Waals surface area contributed by atoms with Crippen LogP contribution in [0, 0.1) is 10.1 Å². The fourth-order valence-electron chi connectivity index (χ4n) is 1.94. The summed E-state index contributed by atoms with van der Waals surface area (Å²) < 4.78 is 4.95. The van der Waals surface area contributed by atoms with Gasteiger partial charge >= 0.3 is 5.69 Å². The predicted molar refractivity (Wildman–Crippen MR) is 64.5 cm³/mol. The third-order valence-electron chi connectivity index (χ3n) is 2.81. The molecule has 1 atom stereocenters. The number of benzene rings is 1. The van der Waals surface area contributed by atoms with Gasteiger partial charge in [-0.25, -0.2) is 0 Å². The first kappa shape index (κ1) is 11.7. The number of anilines is 1. The quantitative estimate of drug-likeness (QED) is 0.611. The monoisotopic (exact) mass is 237 g/mol. The summed E-state index contributed by atoms with van der Waals surface area (Å²) >= 11 is 0. The van der Waals surface area contributed by atoms with Gasteiger partial charge in [0.1, 0.15) is 0 Å². The second-order valence-corrected chi connectivity index (χ2v) is 3.98. The number of nitrogens with one attached hydrogen (secondary N) is 2. The molecule has 17 heavy (non-hydrogen) atoms. The highest BCUT2D eigenvalue weighted by molar-refractivity contribution is 5.58. The van der Waals surface area contributed by atoms with Crippen LogP contribution in [0.2, 0.25) is 0 Å². The van der Waals surface area contributed by atoms with Crippen LogP contribution in [0.4, 0.5) is 11.4 Å². The second-order valence-electron chi connectivity index (χ2n) is 3.98. The Morgan fingerprint density at radius 2 is 2.41 bits per heavy atom. The van der Waals surface area contributed by atoms with Gasteiger partial charge in [0.25, 0.3) is 0 Å². The number of ether oxygens (including phenoxy) is 1. The van der Waals surface area contributed by atoms with Crippen LogP contribution in [0.15, 0.2) is 18.2 Å². The molecule has 1 unspecified atom stereocenters. The van der Waals surface area contributed by atoms with E-state index in [2.05, 4.69) is 10.6 Å². The maximum atomic E-state index is 10.9. The molecule has 1 saturated heterocycles. The summed E-state index contributed by atoms with van der Waals surface area (Å²) in [5.74, 6) is 0.282. The Kier molecular flexibility index (Phi) is 3.43. The van der Waals surface area contributed by atoms with Crippen molar-refractivity contribution < 1.29 is 9.66 Å². The van der Waals surface area contributed by atoms with Gasteiger partial charge in [-0.2, -0.15) is 0 Å². The van der Waals surface area contributed by atoms with Crippen LogP contribution in [-0.2, 0) is 0 Å². The summed E-state index contributed by atoms with van der Waals surface area (Å²) in [7, 11) is 1.43. The Hall–Kier alpha value is -1.82. The van der Waals surface area contributed by atoms with Gasteiger partial charge in [-0.05, 0) is 25.1 Å². The lowest BCUT2D eigenvalue weighted by molar-refractivity contribution is -0.385. The van der Waals surface area contributed by atoms with E-state index in [0.717, 1.165) is 25.2 Å². The molecule has 0 aromatic heterocycles. The SMILES string of the molecule is COc1ccc(NC2CCNC2)cc1[N+](=O)[O-]. The minimum atomic E-state index is -0.434. The largest absolute Gasteiger partial charge is 0.490 e. The number of hydrogen-bond acceptors (Lipinski definition) is 5. The predicted octanol–water partition coefficient (Wildman–Crippen LogP) is 1.38. The van der Waals surface area contributed by atoms with Gasteiger partial charge in [0, 0.05) is 24.3 Å². The van der Waals surface area contributed by atoms with E-state index < -0.39 is 4.92 Å². The van der Waals surface area contributed by atoms with Crippen LogP contribution >= 0.6 is 0 Å². The average molecular weight is 237 g/mol. The second kappa shape index (κ2) is 5.01. The maximum absolute atomic E-state index is 10.9. The molecule has 0 spiro atoms.